The van der Waals surface area contributed by atoms with Crippen LogP contribution in [0.3, 0.4) is 0 Å². The van der Waals surface area contributed by atoms with Gasteiger partial charge >= 0.3 is 0 Å². The number of halogens is 1. The minimum atomic E-state index is -0.139. The van der Waals surface area contributed by atoms with Gasteiger partial charge in [-0.1, -0.05) is 45.9 Å². The minimum absolute atomic E-state index is 0.139. The number of nitrogens with zero attached hydrogens (tertiary/aromatic N) is 4. The quantitative estimate of drug-likeness (QED) is 0.415. The first-order valence-corrected chi connectivity index (χ1v) is 10.8. The number of rotatable bonds is 5. The Morgan fingerprint density at radius 1 is 1.10 bits per heavy atom. The van der Waals surface area contributed by atoms with Crippen LogP contribution >= 0.6 is 27.7 Å². The van der Waals surface area contributed by atoms with Crippen LogP contribution in [0.15, 0.2) is 64.2 Å². The van der Waals surface area contributed by atoms with E-state index in [0.717, 1.165) is 27.1 Å². The van der Waals surface area contributed by atoms with Crippen LogP contribution in [0.2, 0.25) is 0 Å². The number of fused-ring (bicyclic) bond motifs is 1. The highest BCUT2D eigenvalue weighted by Crippen LogP contribution is 2.24. The molecule has 0 aliphatic carbocycles. The number of carbonyl (C=O) groups excluding carboxylic acids is 1. The maximum Gasteiger partial charge on any atom is 0.255 e. The number of hydrogen-bond donors (Lipinski definition) is 1. The second-order valence-electron chi connectivity index (χ2n) is 6.55. The van der Waals surface area contributed by atoms with Crippen molar-refractivity contribution in [3.05, 3.63) is 81.6 Å². The van der Waals surface area contributed by atoms with E-state index in [2.05, 4.69) is 36.3 Å². The monoisotopic (exact) mass is 467 g/mol. The molecule has 4 rings (SSSR count). The van der Waals surface area contributed by atoms with Gasteiger partial charge in [0.2, 0.25) is 5.16 Å². The fourth-order valence-corrected chi connectivity index (χ4v) is 4.04. The van der Waals surface area contributed by atoms with Gasteiger partial charge in [-0.3, -0.25) is 4.79 Å². The van der Waals surface area contributed by atoms with Crippen LogP contribution in [-0.2, 0) is 5.75 Å². The molecule has 0 bridgehead atoms. The van der Waals surface area contributed by atoms with E-state index < -0.39 is 0 Å². The molecule has 0 unspecified atom stereocenters. The van der Waals surface area contributed by atoms with E-state index in [1.165, 1.54) is 11.8 Å². The third-order valence-electron chi connectivity index (χ3n) is 4.32. The molecule has 0 aliphatic heterocycles. The molecule has 1 amide bonds. The number of carbonyl (C=O) groups is 1. The summed E-state index contributed by atoms with van der Waals surface area (Å²) in [5.74, 6) is 1.03. The lowest BCUT2D eigenvalue weighted by atomic mass is 10.1. The Hall–Kier alpha value is -2.71. The first kappa shape index (κ1) is 19.6. The molecule has 6 nitrogen and oxygen atoms in total. The number of aromatic nitrogens is 4. The van der Waals surface area contributed by atoms with E-state index in [9.17, 15) is 4.79 Å². The average Bonchev–Trinajstić information content (AvgIpc) is 3.11. The van der Waals surface area contributed by atoms with E-state index in [1.54, 1.807) is 4.52 Å². The molecular weight excluding hydrogens is 450 g/mol. The summed E-state index contributed by atoms with van der Waals surface area (Å²) < 4.78 is 2.70. The number of hydrogen-bond acceptors (Lipinski definition) is 5. The van der Waals surface area contributed by atoms with E-state index in [0.29, 0.717) is 22.3 Å². The minimum Gasteiger partial charge on any atom is -0.322 e. The molecule has 0 saturated heterocycles. The van der Waals surface area contributed by atoms with Gasteiger partial charge in [0.25, 0.3) is 11.7 Å². The molecule has 29 heavy (non-hydrogen) atoms. The summed E-state index contributed by atoms with van der Waals surface area (Å²) in [5.41, 5.74) is 4.21. The summed E-state index contributed by atoms with van der Waals surface area (Å²) in [6.45, 7) is 3.92. The third kappa shape index (κ3) is 4.49. The highest BCUT2D eigenvalue weighted by molar-refractivity contribution is 9.10. The van der Waals surface area contributed by atoms with E-state index >= 15 is 0 Å². The molecule has 0 spiro atoms. The zero-order valence-corrected chi connectivity index (χ0v) is 18.3. The van der Waals surface area contributed by atoms with Gasteiger partial charge in [0.15, 0.2) is 0 Å². The van der Waals surface area contributed by atoms with Crippen molar-refractivity contribution in [1.29, 1.82) is 0 Å². The normalized spacial score (nSPS) is 11.0. The summed E-state index contributed by atoms with van der Waals surface area (Å²) in [6, 6.07) is 17.0. The first-order valence-electron chi connectivity index (χ1n) is 8.98. The van der Waals surface area contributed by atoms with Crippen molar-refractivity contribution < 1.29 is 4.79 Å². The molecule has 0 atom stereocenters. The van der Waals surface area contributed by atoms with Crippen molar-refractivity contribution in [2.45, 2.75) is 24.8 Å². The highest BCUT2D eigenvalue weighted by Gasteiger charge is 2.14. The predicted octanol–water partition coefficient (Wildman–Crippen LogP) is 5.05. The summed E-state index contributed by atoms with van der Waals surface area (Å²) in [4.78, 5) is 21.7. The number of benzene rings is 2. The van der Waals surface area contributed by atoms with Gasteiger partial charge < -0.3 is 5.32 Å². The summed E-state index contributed by atoms with van der Waals surface area (Å²) in [5, 5.41) is 8.10. The van der Waals surface area contributed by atoms with Crippen LogP contribution in [0.5, 0.6) is 0 Å². The van der Waals surface area contributed by atoms with Crippen molar-refractivity contribution in [2.75, 3.05) is 5.32 Å². The number of nitrogens with one attached hydrogen (secondary N) is 1. The summed E-state index contributed by atoms with van der Waals surface area (Å²) in [7, 11) is 0. The van der Waals surface area contributed by atoms with Crippen molar-refractivity contribution >= 4 is 45.1 Å². The Morgan fingerprint density at radius 2 is 1.86 bits per heavy atom. The number of amides is 1. The van der Waals surface area contributed by atoms with Gasteiger partial charge in [-0.2, -0.15) is 4.98 Å². The zero-order valence-electron chi connectivity index (χ0n) is 15.9. The lowest BCUT2D eigenvalue weighted by Gasteiger charge is -2.09. The van der Waals surface area contributed by atoms with Crippen molar-refractivity contribution in [3.8, 4) is 0 Å². The molecule has 0 fully saturated rings. The summed E-state index contributed by atoms with van der Waals surface area (Å²) in [6.07, 6.45) is 0. The van der Waals surface area contributed by atoms with Gasteiger partial charge in [0.05, 0.1) is 0 Å². The van der Waals surface area contributed by atoms with E-state index in [-0.39, 0.29) is 5.91 Å². The smallest absolute Gasteiger partial charge is 0.255 e. The zero-order chi connectivity index (χ0) is 20.4. The maximum atomic E-state index is 12.8. The molecule has 0 radical (unpaired) electrons. The Balaban J connectivity index is 1.52. The second-order valence-corrected chi connectivity index (χ2v) is 8.41. The summed E-state index contributed by atoms with van der Waals surface area (Å²) >= 11 is 4.88. The average molecular weight is 468 g/mol. The Bertz CT molecular complexity index is 1190. The Labute approximate surface area is 180 Å². The molecule has 2 heterocycles. The third-order valence-corrected chi connectivity index (χ3v) is 5.73. The molecule has 4 aromatic rings. The topological polar surface area (TPSA) is 72.2 Å². The molecular formula is C21H18BrN5OS. The lowest BCUT2D eigenvalue weighted by Crippen LogP contribution is -2.13. The lowest BCUT2D eigenvalue weighted by molar-refractivity contribution is 0.102. The van der Waals surface area contributed by atoms with Crippen LogP contribution in [0, 0.1) is 13.8 Å². The second kappa shape index (κ2) is 8.34. The van der Waals surface area contributed by atoms with Crippen LogP contribution in [0.25, 0.3) is 5.78 Å². The van der Waals surface area contributed by atoms with Crippen molar-refractivity contribution in [1.82, 2.24) is 19.6 Å². The molecule has 2 aromatic carbocycles. The van der Waals surface area contributed by atoms with Crippen LogP contribution in [-0.4, -0.2) is 25.5 Å². The van der Waals surface area contributed by atoms with Crippen LogP contribution in [0.1, 0.15) is 27.3 Å². The number of aryl methyl sites for hydroxylation is 2. The van der Waals surface area contributed by atoms with Crippen LogP contribution < -0.4 is 5.32 Å². The van der Waals surface area contributed by atoms with Crippen LogP contribution in [0.4, 0.5) is 5.69 Å². The van der Waals surface area contributed by atoms with Crippen molar-refractivity contribution in [3.63, 3.8) is 0 Å². The van der Waals surface area contributed by atoms with Gasteiger partial charge in [-0.15, -0.1) is 5.10 Å². The molecule has 1 N–H and O–H groups in total. The fraction of sp³-hybridized carbons (Fsp3) is 0.143. The Kier molecular flexibility index (Phi) is 5.64. The predicted molar refractivity (Wildman–Crippen MR) is 118 cm³/mol. The SMILES string of the molecule is Cc1cc(C)n2nc(SCc3ccccc3C(=O)Nc3ccc(Br)cc3)nc2n1. The van der Waals surface area contributed by atoms with Gasteiger partial charge in [0.1, 0.15) is 0 Å². The molecule has 2 aromatic heterocycles. The molecule has 146 valence electrons. The largest absolute Gasteiger partial charge is 0.322 e. The van der Waals surface area contributed by atoms with E-state index in [1.807, 2.05) is 68.4 Å². The Morgan fingerprint density at radius 3 is 2.66 bits per heavy atom. The fourth-order valence-electron chi connectivity index (χ4n) is 2.95. The standard InChI is InChI=1S/C21H18BrN5OS/c1-13-11-14(2)27-20(23-13)25-21(26-27)29-12-15-5-3-4-6-18(15)19(28)24-17-9-7-16(22)8-10-17/h3-11H,12H2,1-2H3,(H,24,28). The first-order chi connectivity index (χ1) is 14.0. The molecule has 0 aliphatic rings. The van der Waals surface area contributed by atoms with E-state index in [4.69, 9.17) is 0 Å². The number of anilines is 1. The number of thioether (sulfide) groups is 1. The van der Waals surface area contributed by atoms with Gasteiger partial charge in [-0.25, -0.2) is 9.50 Å². The van der Waals surface area contributed by atoms with Gasteiger partial charge in [0, 0.05) is 32.9 Å². The molecule has 0 saturated carbocycles. The van der Waals surface area contributed by atoms with Gasteiger partial charge in [-0.05, 0) is 55.8 Å². The van der Waals surface area contributed by atoms with Crippen molar-refractivity contribution in [2.24, 2.45) is 0 Å². The maximum absolute atomic E-state index is 12.8. The highest BCUT2D eigenvalue weighted by atomic mass is 79.9. The molecule has 8 heteroatoms.